The minimum absolute atomic E-state index is 0.0303. The summed E-state index contributed by atoms with van der Waals surface area (Å²) >= 11 is 0. The van der Waals surface area contributed by atoms with E-state index in [1.165, 1.54) is 0 Å². The molecule has 35 heavy (non-hydrogen) atoms. The highest BCUT2D eigenvalue weighted by Gasteiger charge is 2.63. The molecular formula is C30H39O3PSi. The summed E-state index contributed by atoms with van der Waals surface area (Å²) in [6.45, 7) is 11.0. The number of ether oxygens (including phenoxy) is 1. The van der Waals surface area contributed by atoms with Crippen LogP contribution in [0.15, 0.2) is 91.0 Å². The lowest BCUT2D eigenvalue weighted by atomic mass is 9.93. The van der Waals surface area contributed by atoms with Gasteiger partial charge in [0.25, 0.3) is 0 Å². The SMILES string of the molecule is CCCC[C@H]1O[C@@](O[Si](C)(C)C)(c2ccccc2)[C@H](P(=O)(c2ccccc2)c2ccccc2)[C@@H]1C. The lowest BCUT2D eigenvalue weighted by Crippen LogP contribution is -2.50. The van der Waals surface area contributed by atoms with E-state index in [4.69, 9.17) is 9.16 Å². The van der Waals surface area contributed by atoms with Crippen molar-refractivity contribution in [3.8, 4) is 0 Å². The van der Waals surface area contributed by atoms with Gasteiger partial charge in [-0.05, 0) is 32.0 Å². The highest BCUT2D eigenvalue weighted by atomic mass is 31.2. The molecule has 0 aliphatic carbocycles. The third kappa shape index (κ3) is 5.13. The van der Waals surface area contributed by atoms with Crippen LogP contribution in [-0.4, -0.2) is 20.1 Å². The summed E-state index contributed by atoms with van der Waals surface area (Å²) in [6.07, 6.45) is 3.07. The van der Waals surface area contributed by atoms with Crippen LogP contribution in [0.25, 0.3) is 0 Å². The number of hydrogen-bond acceptors (Lipinski definition) is 3. The van der Waals surface area contributed by atoms with Gasteiger partial charge >= 0.3 is 0 Å². The van der Waals surface area contributed by atoms with Gasteiger partial charge in [0.2, 0.25) is 0 Å². The van der Waals surface area contributed by atoms with Crippen molar-refractivity contribution in [2.45, 2.75) is 70.3 Å². The van der Waals surface area contributed by atoms with Crippen molar-refractivity contribution in [1.29, 1.82) is 0 Å². The molecule has 3 aromatic rings. The Morgan fingerprint density at radius 1 is 0.857 bits per heavy atom. The second-order valence-corrected chi connectivity index (χ2v) is 18.0. The van der Waals surface area contributed by atoms with Crippen molar-refractivity contribution in [2.75, 3.05) is 0 Å². The predicted octanol–water partition coefficient (Wildman–Crippen LogP) is 7.30. The molecule has 3 nitrogen and oxygen atoms in total. The molecule has 0 spiro atoms. The van der Waals surface area contributed by atoms with Crippen LogP contribution in [-0.2, 0) is 19.5 Å². The number of rotatable bonds is 9. The second-order valence-electron chi connectivity index (χ2n) is 10.7. The topological polar surface area (TPSA) is 35.5 Å². The average Bonchev–Trinajstić information content (AvgIpc) is 3.14. The van der Waals surface area contributed by atoms with Crippen LogP contribution in [0.2, 0.25) is 19.6 Å². The zero-order valence-electron chi connectivity index (χ0n) is 21.7. The lowest BCUT2D eigenvalue weighted by Gasteiger charge is -2.43. The molecule has 5 heteroatoms. The fraction of sp³-hybridized carbons (Fsp3) is 0.400. The third-order valence-electron chi connectivity index (χ3n) is 6.95. The van der Waals surface area contributed by atoms with Crippen molar-refractivity contribution in [1.82, 2.24) is 0 Å². The Hall–Kier alpha value is -1.97. The number of hydrogen-bond donors (Lipinski definition) is 0. The van der Waals surface area contributed by atoms with Crippen molar-refractivity contribution in [3.63, 3.8) is 0 Å². The zero-order chi connectivity index (χ0) is 25.1. The van der Waals surface area contributed by atoms with Gasteiger partial charge in [-0.25, -0.2) is 0 Å². The molecule has 1 heterocycles. The van der Waals surface area contributed by atoms with Crippen LogP contribution in [0, 0.1) is 5.92 Å². The van der Waals surface area contributed by atoms with Crippen molar-refractivity contribution in [2.24, 2.45) is 5.92 Å². The van der Waals surface area contributed by atoms with Crippen LogP contribution >= 0.6 is 7.14 Å². The van der Waals surface area contributed by atoms with Gasteiger partial charge in [-0.2, -0.15) is 0 Å². The monoisotopic (exact) mass is 506 g/mol. The van der Waals surface area contributed by atoms with Gasteiger partial charge in [0.1, 0.15) is 0 Å². The van der Waals surface area contributed by atoms with Crippen LogP contribution in [0.4, 0.5) is 0 Å². The Morgan fingerprint density at radius 2 is 1.34 bits per heavy atom. The fourth-order valence-electron chi connectivity index (χ4n) is 5.53. The highest BCUT2D eigenvalue weighted by Crippen LogP contribution is 2.64. The van der Waals surface area contributed by atoms with Gasteiger partial charge in [0, 0.05) is 16.2 Å². The zero-order valence-corrected chi connectivity index (χ0v) is 23.6. The van der Waals surface area contributed by atoms with E-state index in [1.807, 2.05) is 78.9 Å². The first kappa shape index (κ1) is 26.1. The summed E-state index contributed by atoms with van der Waals surface area (Å²) in [5.74, 6) is -1.03. The van der Waals surface area contributed by atoms with Gasteiger partial charge in [-0.15, -0.1) is 0 Å². The third-order valence-corrected chi connectivity index (χ3v) is 11.6. The lowest BCUT2D eigenvalue weighted by molar-refractivity contribution is -0.186. The van der Waals surface area contributed by atoms with Crippen LogP contribution in [0.5, 0.6) is 0 Å². The highest BCUT2D eigenvalue weighted by molar-refractivity contribution is 7.79. The minimum atomic E-state index is -3.20. The van der Waals surface area contributed by atoms with Crippen LogP contribution < -0.4 is 10.6 Å². The summed E-state index contributed by atoms with van der Waals surface area (Å²) in [5.41, 5.74) is 0.612. The molecule has 1 aliphatic rings. The molecule has 0 N–H and O–H groups in total. The van der Waals surface area contributed by atoms with E-state index >= 15 is 4.57 Å². The predicted molar refractivity (Wildman–Crippen MR) is 150 cm³/mol. The Kier molecular flexibility index (Phi) is 7.88. The maximum atomic E-state index is 15.8. The fourth-order valence-corrected chi connectivity index (χ4v) is 10.6. The summed E-state index contributed by atoms with van der Waals surface area (Å²) in [4.78, 5) is 0. The quantitative estimate of drug-likeness (QED) is 0.226. The smallest absolute Gasteiger partial charge is 0.196 e. The summed E-state index contributed by atoms with van der Waals surface area (Å²) in [7, 11) is -5.33. The second kappa shape index (κ2) is 10.6. The molecule has 0 radical (unpaired) electrons. The normalized spacial score (nSPS) is 25.0. The van der Waals surface area contributed by atoms with Crippen LogP contribution in [0.1, 0.15) is 38.7 Å². The van der Waals surface area contributed by atoms with Crippen molar-refractivity contribution < 1.29 is 13.7 Å². The maximum Gasteiger partial charge on any atom is 0.196 e. The Balaban J connectivity index is 2.02. The first-order valence-electron chi connectivity index (χ1n) is 12.9. The Bertz CT molecular complexity index is 1090. The van der Waals surface area contributed by atoms with E-state index in [1.54, 1.807) is 0 Å². The van der Waals surface area contributed by atoms with E-state index < -0.39 is 21.2 Å². The van der Waals surface area contributed by atoms with E-state index in [0.29, 0.717) is 0 Å². The standard InChI is InChI=1S/C30H39O3PSi/c1-6-7-23-28-24(2)29(30(32-28,33-35(3,4)5)25-17-11-8-12-18-25)34(31,26-19-13-9-14-20-26)27-21-15-10-16-22-27/h8-22,24,28-29H,6-7,23H2,1-5H3/t24-,28-,29-,30-/m1/s1. The summed E-state index contributed by atoms with van der Waals surface area (Å²) < 4.78 is 29.9. The molecule has 0 saturated carbocycles. The molecule has 0 amide bonds. The Morgan fingerprint density at radius 3 is 1.80 bits per heavy atom. The molecule has 4 rings (SSSR count). The van der Waals surface area contributed by atoms with Crippen LogP contribution in [0.3, 0.4) is 0 Å². The van der Waals surface area contributed by atoms with E-state index in [2.05, 4.69) is 45.6 Å². The summed E-state index contributed by atoms with van der Waals surface area (Å²) in [6, 6.07) is 30.3. The molecular weight excluding hydrogens is 467 g/mol. The van der Waals surface area contributed by atoms with Gasteiger partial charge < -0.3 is 13.7 Å². The van der Waals surface area contributed by atoms with E-state index in [9.17, 15) is 0 Å². The molecule has 0 aromatic heterocycles. The molecule has 1 aliphatic heterocycles. The summed E-state index contributed by atoms with van der Waals surface area (Å²) in [5, 5.41) is 1.73. The van der Waals surface area contributed by atoms with E-state index in [-0.39, 0.29) is 17.7 Å². The van der Waals surface area contributed by atoms with E-state index in [0.717, 1.165) is 35.4 Å². The first-order valence-corrected chi connectivity index (χ1v) is 18.1. The molecule has 186 valence electrons. The van der Waals surface area contributed by atoms with Gasteiger partial charge in [0.05, 0.1) is 11.8 Å². The largest absolute Gasteiger partial charge is 0.387 e. The minimum Gasteiger partial charge on any atom is -0.387 e. The first-order chi connectivity index (χ1) is 16.7. The molecule has 1 fully saturated rings. The molecule has 1 saturated heterocycles. The molecule has 0 unspecified atom stereocenters. The molecule has 4 atom stereocenters. The Labute approximate surface area is 212 Å². The molecule has 3 aromatic carbocycles. The molecule has 0 bridgehead atoms. The number of benzene rings is 3. The van der Waals surface area contributed by atoms with Gasteiger partial charge in [-0.3, -0.25) is 0 Å². The van der Waals surface area contributed by atoms with Crippen molar-refractivity contribution >= 4 is 26.1 Å². The van der Waals surface area contributed by atoms with Crippen molar-refractivity contribution in [3.05, 3.63) is 96.6 Å². The maximum absolute atomic E-state index is 15.8. The number of unbranched alkanes of at least 4 members (excludes halogenated alkanes) is 1. The van der Waals surface area contributed by atoms with Gasteiger partial charge in [0.15, 0.2) is 21.2 Å². The average molecular weight is 507 g/mol. The van der Waals surface area contributed by atoms with Gasteiger partial charge in [-0.1, -0.05) is 118 Å².